The van der Waals surface area contributed by atoms with Crippen molar-refractivity contribution >= 4 is 11.8 Å². The fourth-order valence-electron chi connectivity index (χ4n) is 2.01. The van der Waals surface area contributed by atoms with Crippen LogP contribution >= 0.6 is 11.8 Å². The summed E-state index contributed by atoms with van der Waals surface area (Å²) in [6, 6.07) is 10.8. The van der Waals surface area contributed by atoms with E-state index in [2.05, 4.69) is 47.0 Å². The van der Waals surface area contributed by atoms with Crippen molar-refractivity contribution in [1.29, 1.82) is 0 Å². The molecule has 19 heavy (non-hydrogen) atoms. The maximum Gasteiger partial charge on any atom is 0.0596 e. The Morgan fingerprint density at radius 2 is 2.00 bits per heavy atom. The van der Waals surface area contributed by atoms with E-state index in [0.717, 1.165) is 18.0 Å². The first-order chi connectivity index (χ1) is 9.10. The molecule has 0 saturated heterocycles. The highest BCUT2D eigenvalue weighted by atomic mass is 32.2. The lowest BCUT2D eigenvalue weighted by molar-refractivity contribution is 0.632. The summed E-state index contributed by atoms with van der Waals surface area (Å²) in [5.74, 6) is 0.951. The van der Waals surface area contributed by atoms with Crippen molar-refractivity contribution in [3.63, 3.8) is 0 Å². The van der Waals surface area contributed by atoms with Crippen LogP contribution in [0.3, 0.4) is 0 Å². The number of nitrogens with two attached hydrogens (primary N) is 1. The lowest BCUT2D eigenvalue weighted by Crippen LogP contribution is -2.04. The molecule has 2 rings (SSSR count). The number of thioether (sulfide) groups is 1. The number of hydrogen-bond acceptors (Lipinski definition) is 3. The van der Waals surface area contributed by atoms with Gasteiger partial charge in [0.15, 0.2) is 0 Å². The van der Waals surface area contributed by atoms with Gasteiger partial charge in [0.2, 0.25) is 0 Å². The third-order valence-electron chi connectivity index (χ3n) is 3.08. The lowest BCUT2D eigenvalue weighted by atomic mass is 10.1. The molecule has 1 heterocycles. The zero-order chi connectivity index (χ0) is 13.8. The van der Waals surface area contributed by atoms with E-state index < -0.39 is 0 Å². The first-order valence-corrected chi connectivity index (χ1v) is 7.60. The van der Waals surface area contributed by atoms with Crippen LogP contribution in [-0.2, 0) is 12.3 Å². The number of rotatable bonds is 5. The zero-order valence-electron chi connectivity index (χ0n) is 11.8. The van der Waals surface area contributed by atoms with E-state index in [1.165, 1.54) is 16.2 Å². The fourth-order valence-corrected chi connectivity index (χ4v) is 2.89. The molecule has 0 bridgehead atoms. The van der Waals surface area contributed by atoms with Gasteiger partial charge in [-0.3, -0.25) is 4.68 Å². The zero-order valence-corrected chi connectivity index (χ0v) is 12.6. The van der Waals surface area contributed by atoms with E-state index in [1.807, 2.05) is 25.6 Å². The maximum atomic E-state index is 5.85. The molecule has 0 aliphatic rings. The minimum Gasteiger partial charge on any atom is -0.324 e. The average molecular weight is 275 g/mol. The molecule has 0 fully saturated rings. The van der Waals surface area contributed by atoms with Gasteiger partial charge in [0.05, 0.1) is 5.69 Å². The van der Waals surface area contributed by atoms with Gasteiger partial charge in [0.1, 0.15) is 0 Å². The molecular weight excluding hydrogens is 254 g/mol. The van der Waals surface area contributed by atoms with Gasteiger partial charge in [0.25, 0.3) is 0 Å². The summed E-state index contributed by atoms with van der Waals surface area (Å²) in [5, 5.41) is 4.47. The lowest BCUT2D eigenvalue weighted by Gasteiger charge is -2.07. The summed E-state index contributed by atoms with van der Waals surface area (Å²) in [6.07, 6.45) is 0. The van der Waals surface area contributed by atoms with Gasteiger partial charge in [-0.05, 0) is 44.5 Å². The Bertz CT molecular complexity index is 529. The van der Waals surface area contributed by atoms with Gasteiger partial charge < -0.3 is 5.73 Å². The van der Waals surface area contributed by atoms with Crippen LogP contribution in [0.1, 0.15) is 36.8 Å². The minimum absolute atomic E-state index is 0.100. The summed E-state index contributed by atoms with van der Waals surface area (Å²) in [7, 11) is 0. The van der Waals surface area contributed by atoms with E-state index >= 15 is 0 Å². The molecule has 0 saturated carbocycles. The van der Waals surface area contributed by atoms with Crippen molar-refractivity contribution in [2.75, 3.05) is 0 Å². The normalized spacial score (nSPS) is 12.6. The third kappa shape index (κ3) is 3.61. The number of aryl methyl sites for hydroxylation is 2. The van der Waals surface area contributed by atoms with Gasteiger partial charge in [-0.15, -0.1) is 11.8 Å². The molecule has 3 nitrogen and oxygen atoms in total. The Morgan fingerprint density at radius 1 is 1.32 bits per heavy atom. The Morgan fingerprint density at radius 3 is 2.58 bits per heavy atom. The molecule has 1 aromatic heterocycles. The van der Waals surface area contributed by atoms with E-state index in [4.69, 9.17) is 5.73 Å². The topological polar surface area (TPSA) is 43.8 Å². The Kier molecular flexibility index (Phi) is 4.66. The number of hydrogen-bond donors (Lipinski definition) is 1. The summed E-state index contributed by atoms with van der Waals surface area (Å²) < 4.78 is 2.07. The molecule has 0 aliphatic carbocycles. The number of benzene rings is 1. The molecule has 1 aromatic carbocycles. The van der Waals surface area contributed by atoms with Crippen molar-refractivity contribution in [2.45, 2.75) is 44.0 Å². The largest absolute Gasteiger partial charge is 0.324 e. The Balaban J connectivity index is 2.01. The van der Waals surface area contributed by atoms with Crippen molar-refractivity contribution in [2.24, 2.45) is 5.73 Å². The highest BCUT2D eigenvalue weighted by Gasteiger charge is 2.05. The fraction of sp³-hybridized carbons (Fsp3) is 0.400. The smallest absolute Gasteiger partial charge is 0.0596 e. The molecule has 0 aliphatic heterocycles. The molecule has 0 amide bonds. The van der Waals surface area contributed by atoms with Crippen LogP contribution in [0.4, 0.5) is 0 Å². The van der Waals surface area contributed by atoms with Gasteiger partial charge in [0, 0.05) is 28.9 Å². The van der Waals surface area contributed by atoms with Gasteiger partial charge in [-0.1, -0.05) is 12.1 Å². The second kappa shape index (κ2) is 6.26. The molecule has 102 valence electrons. The SMILES string of the molecule is CCn1nc(C)cc1CSc1ccc(C(C)N)cc1. The predicted molar refractivity (Wildman–Crippen MR) is 81.2 cm³/mol. The molecular formula is C15H21N3S. The van der Waals surface area contributed by atoms with E-state index in [1.54, 1.807) is 0 Å². The van der Waals surface area contributed by atoms with Crippen LogP contribution in [0.5, 0.6) is 0 Å². The summed E-state index contributed by atoms with van der Waals surface area (Å²) in [4.78, 5) is 1.27. The second-order valence-corrected chi connectivity index (χ2v) is 5.79. The van der Waals surface area contributed by atoms with Crippen LogP contribution in [0.2, 0.25) is 0 Å². The molecule has 2 N–H and O–H groups in total. The van der Waals surface area contributed by atoms with Gasteiger partial charge >= 0.3 is 0 Å². The standard InChI is InChI=1S/C15H21N3S/c1-4-18-14(9-11(2)17-18)10-19-15-7-5-13(6-8-15)12(3)16/h5-9,12H,4,10,16H2,1-3H3. The van der Waals surface area contributed by atoms with Crippen molar-refractivity contribution in [1.82, 2.24) is 9.78 Å². The summed E-state index contributed by atoms with van der Waals surface area (Å²) in [5.41, 5.74) is 9.40. The molecule has 0 radical (unpaired) electrons. The van der Waals surface area contributed by atoms with E-state index in [-0.39, 0.29) is 6.04 Å². The third-order valence-corrected chi connectivity index (χ3v) is 4.12. The van der Waals surface area contributed by atoms with Crippen LogP contribution in [-0.4, -0.2) is 9.78 Å². The van der Waals surface area contributed by atoms with Crippen molar-refractivity contribution in [3.8, 4) is 0 Å². The van der Waals surface area contributed by atoms with Crippen LogP contribution in [0.15, 0.2) is 35.2 Å². The maximum absolute atomic E-state index is 5.85. The number of nitrogens with zero attached hydrogens (tertiary/aromatic N) is 2. The van der Waals surface area contributed by atoms with Gasteiger partial charge in [-0.2, -0.15) is 5.10 Å². The van der Waals surface area contributed by atoms with Gasteiger partial charge in [-0.25, -0.2) is 0 Å². The Hall–Kier alpha value is -1.26. The van der Waals surface area contributed by atoms with Crippen molar-refractivity contribution in [3.05, 3.63) is 47.3 Å². The molecule has 4 heteroatoms. The molecule has 0 spiro atoms. The van der Waals surface area contributed by atoms with Crippen LogP contribution in [0, 0.1) is 6.92 Å². The number of aromatic nitrogens is 2. The van der Waals surface area contributed by atoms with Crippen LogP contribution in [0.25, 0.3) is 0 Å². The average Bonchev–Trinajstić information content (AvgIpc) is 2.77. The van der Waals surface area contributed by atoms with E-state index in [9.17, 15) is 0 Å². The van der Waals surface area contributed by atoms with E-state index in [0.29, 0.717) is 0 Å². The monoisotopic (exact) mass is 275 g/mol. The Labute approximate surface area is 119 Å². The first-order valence-electron chi connectivity index (χ1n) is 6.61. The quantitative estimate of drug-likeness (QED) is 0.849. The summed E-state index contributed by atoms with van der Waals surface area (Å²) >= 11 is 1.84. The second-order valence-electron chi connectivity index (χ2n) is 4.74. The highest BCUT2D eigenvalue weighted by Crippen LogP contribution is 2.24. The highest BCUT2D eigenvalue weighted by molar-refractivity contribution is 7.98. The van der Waals surface area contributed by atoms with Crippen LogP contribution < -0.4 is 5.73 Å². The molecule has 1 unspecified atom stereocenters. The predicted octanol–water partition coefficient (Wildman–Crippen LogP) is 3.52. The summed E-state index contributed by atoms with van der Waals surface area (Å²) in [6.45, 7) is 7.09. The molecule has 2 aromatic rings. The molecule has 1 atom stereocenters. The minimum atomic E-state index is 0.100. The first kappa shape index (κ1) is 14.2. The van der Waals surface area contributed by atoms with Crippen molar-refractivity contribution < 1.29 is 0 Å².